The van der Waals surface area contributed by atoms with Crippen molar-refractivity contribution in [1.29, 1.82) is 0 Å². The number of nitrogens with one attached hydrogen (secondary N) is 1. The molecular weight excluding hydrogens is 422 g/mol. The Hall–Kier alpha value is -3.39. The third kappa shape index (κ3) is 6.10. The summed E-state index contributed by atoms with van der Waals surface area (Å²) in [7, 11) is 5.29. The summed E-state index contributed by atoms with van der Waals surface area (Å²) in [5.41, 5.74) is 4.50. The van der Waals surface area contributed by atoms with E-state index in [0.29, 0.717) is 13.0 Å². The van der Waals surface area contributed by atoms with Crippen molar-refractivity contribution in [2.24, 2.45) is 0 Å². The molecule has 0 saturated carbocycles. The van der Waals surface area contributed by atoms with E-state index in [-0.39, 0.29) is 31.4 Å². The normalized spacial score (nSPS) is 13.2. The molecule has 8 nitrogen and oxygen atoms in total. The molecule has 0 radical (unpaired) electrons. The first kappa shape index (κ1) is 24.3. The topological polar surface area (TPSA) is 99.2 Å². The van der Waals surface area contributed by atoms with Gasteiger partial charge in [-0.1, -0.05) is 48.5 Å². The Morgan fingerprint density at radius 3 is 2.09 bits per heavy atom. The molecule has 176 valence electrons. The number of hydrogen-bond donors (Lipinski definition) is 2. The number of carboxylic acids is 1. The SMILES string of the molecule is CN(C)CCC(NC(=O)OCC1c2ccccc2-c2ccccc21)C(=O)N(C)CCC(=O)O. The van der Waals surface area contributed by atoms with Crippen LogP contribution >= 0.6 is 0 Å². The highest BCUT2D eigenvalue weighted by Crippen LogP contribution is 2.44. The van der Waals surface area contributed by atoms with Gasteiger partial charge in [-0.15, -0.1) is 0 Å². The number of benzene rings is 2. The van der Waals surface area contributed by atoms with E-state index in [4.69, 9.17) is 9.84 Å². The molecule has 1 aliphatic carbocycles. The first-order valence-corrected chi connectivity index (χ1v) is 11.0. The van der Waals surface area contributed by atoms with Crippen molar-refractivity contribution in [2.75, 3.05) is 40.8 Å². The van der Waals surface area contributed by atoms with Gasteiger partial charge in [0.2, 0.25) is 5.91 Å². The molecule has 0 saturated heterocycles. The summed E-state index contributed by atoms with van der Waals surface area (Å²) in [5.74, 6) is -1.40. The number of carbonyl (C=O) groups is 3. The second-order valence-electron chi connectivity index (χ2n) is 8.52. The Morgan fingerprint density at radius 2 is 1.55 bits per heavy atom. The predicted octanol–water partition coefficient (Wildman–Crippen LogP) is 2.78. The van der Waals surface area contributed by atoms with E-state index in [2.05, 4.69) is 17.4 Å². The molecule has 2 aromatic rings. The maximum atomic E-state index is 12.8. The van der Waals surface area contributed by atoms with Crippen molar-refractivity contribution in [2.45, 2.75) is 24.8 Å². The number of aliphatic carboxylic acids is 1. The van der Waals surface area contributed by atoms with E-state index >= 15 is 0 Å². The number of amides is 2. The highest BCUT2D eigenvalue weighted by atomic mass is 16.5. The largest absolute Gasteiger partial charge is 0.481 e. The van der Waals surface area contributed by atoms with Crippen LogP contribution in [0.5, 0.6) is 0 Å². The molecular formula is C25H31N3O5. The Morgan fingerprint density at radius 1 is 0.970 bits per heavy atom. The van der Waals surface area contributed by atoms with E-state index in [1.54, 1.807) is 0 Å². The lowest BCUT2D eigenvalue weighted by atomic mass is 9.98. The first-order valence-electron chi connectivity index (χ1n) is 11.0. The molecule has 0 bridgehead atoms. The average Bonchev–Trinajstić information content (AvgIpc) is 3.12. The molecule has 0 aromatic heterocycles. The molecule has 2 amide bonds. The summed E-state index contributed by atoms with van der Waals surface area (Å²) in [6, 6.07) is 15.3. The molecule has 2 N–H and O–H groups in total. The van der Waals surface area contributed by atoms with Crippen LogP contribution in [0.3, 0.4) is 0 Å². The lowest BCUT2D eigenvalue weighted by molar-refractivity contribution is -0.138. The maximum Gasteiger partial charge on any atom is 0.407 e. The zero-order chi connectivity index (χ0) is 24.0. The van der Waals surface area contributed by atoms with Crippen molar-refractivity contribution < 1.29 is 24.2 Å². The van der Waals surface area contributed by atoms with Gasteiger partial charge in [0.15, 0.2) is 0 Å². The molecule has 2 aromatic carbocycles. The predicted molar refractivity (Wildman–Crippen MR) is 125 cm³/mol. The number of alkyl carbamates (subject to hydrolysis) is 1. The third-order valence-corrected chi connectivity index (χ3v) is 5.84. The third-order valence-electron chi connectivity index (χ3n) is 5.84. The number of fused-ring (bicyclic) bond motifs is 3. The second kappa shape index (κ2) is 11.0. The fraction of sp³-hybridized carbons (Fsp3) is 0.400. The van der Waals surface area contributed by atoms with Gasteiger partial charge in [-0.05, 0) is 49.3 Å². The summed E-state index contributed by atoms with van der Waals surface area (Å²) in [5, 5.41) is 11.6. The van der Waals surface area contributed by atoms with Gasteiger partial charge in [0.1, 0.15) is 12.6 Å². The van der Waals surface area contributed by atoms with Crippen LogP contribution in [0.25, 0.3) is 11.1 Å². The zero-order valence-electron chi connectivity index (χ0n) is 19.3. The molecule has 33 heavy (non-hydrogen) atoms. The lowest BCUT2D eigenvalue weighted by Crippen LogP contribution is -2.49. The summed E-state index contributed by atoms with van der Waals surface area (Å²) < 4.78 is 5.58. The van der Waals surface area contributed by atoms with Crippen LogP contribution in [0, 0.1) is 0 Å². The Balaban J connectivity index is 1.65. The number of nitrogens with zero attached hydrogens (tertiary/aromatic N) is 2. The number of hydrogen-bond acceptors (Lipinski definition) is 5. The number of carbonyl (C=O) groups excluding carboxylic acids is 2. The second-order valence-corrected chi connectivity index (χ2v) is 8.52. The number of rotatable bonds is 10. The van der Waals surface area contributed by atoms with Gasteiger partial charge in [-0.25, -0.2) is 4.79 Å². The van der Waals surface area contributed by atoms with Crippen molar-refractivity contribution >= 4 is 18.0 Å². The fourth-order valence-electron chi connectivity index (χ4n) is 4.07. The van der Waals surface area contributed by atoms with Gasteiger partial charge in [0, 0.05) is 19.5 Å². The van der Waals surface area contributed by atoms with Crippen molar-refractivity contribution in [3.05, 3.63) is 59.7 Å². The van der Waals surface area contributed by atoms with E-state index < -0.39 is 18.1 Å². The minimum atomic E-state index is -0.982. The van der Waals surface area contributed by atoms with Gasteiger partial charge in [-0.2, -0.15) is 0 Å². The minimum Gasteiger partial charge on any atom is -0.481 e. The summed E-state index contributed by atoms with van der Waals surface area (Å²) in [4.78, 5) is 39.6. The van der Waals surface area contributed by atoms with Crippen LogP contribution in [0.15, 0.2) is 48.5 Å². The van der Waals surface area contributed by atoms with E-state index in [9.17, 15) is 14.4 Å². The molecule has 3 rings (SSSR count). The van der Waals surface area contributed by atoms with Crippen LogP contribution < -0.4 is 5.32 Å². The van der Waals surface area contributed by atoms with E-state index in [1.807, 2.05) is 55.4 Å². The Kier molecular flexibility index (Phi) is 8.06. The average molecular weight is 454 g/mol. The fourth-order valence-corrected chi connectivity index (χ4v) is 4.07. The minimum absolute atomic E-state index is 0.0685. The molecule has 0 heterocycles. The molecule has 0 aliphatic heterocycles. The Bertz CT molecular complexity index is 962. The molecule has 8 heteroatoms. The molecule has 1 atom stereocenters. The lowest BCUT2D eigenvalue weighted by Gasteiger charge is -2.25. The summed E-state index contributed by atoms with van der Waals surface area (Å²) in [6.45, 7) is 0.801. The van der Waals surface area contributed by atoms with Crippen LogP contribution in [-0.2, 0) is 14.3 Å². The smallest absolute Gasteiger partial charge is 0.407 e. The van der Waals surface area contributed by atoms with E-state index in [1.165, 1.54) is 11.9 Å². The molecule has 0 fully saturated rings. The van der Waals surface area contributed by atoms with Gasteiger partial charge >= 0.3 is 12.1 Å². The van der Waals surface area contributed by atoms with Gasteiger partial charge in [0.05, 0.1) is 6.42 Å². The standard InChI is InChI=1S/C25H31N3O5/c1-27(2)14-12-22(24(31)28(3)15-13-23(29)30)26-25(32)33-16-21-19-10-6-4-8-17(19)18-9-5-7-11-20(18)21/h4-11,21-22H,12-16H2,1-3H3,(H,26,32)(H,29,30). The first-order chi connectivity index (χ1) is 15.8. The Labute approximate surface area is 194 Å². The number of carboxylic acid groups (broad SMARTS) is 1. The van der Waals surface area contributed by atoms with E-state index in [0.717, 1.165) is 22.3 Å². The summed E-state index contributed by atoms with van der Waals surface area (Å²) >= 11 is 0. The van der Waals surface area contributed by atoms with Crippen LogP contribution in [0.2, 0.25) is 0 Å². The maximum absolute atomic E-state index is 12.8. The highest BCUT2D eigenvalue weighted by Gasteiger charge is 2.30. The van der Waals surface area contributed by atoms with Crippen molar-refractivity contribution in [3.63, 3.8) is 0 Å². The highest BCUT2D eigenvalue weighted by molar-refractivity contribution is 5.86. The summed E-state index contributed by atoms with van der Waals surface area (Å²) in [6.07, 6.45) is -0.443. The molecule has 0 spiro atoms. The monoisotopic (exact) mass is 453 g/mol. The van der Waals surface area contributed by atoms with Crippen molar-refractivity contribution in [1.82, 2.24) is 15.1 Å². The zero-order valence-corrected chi connectivity index (χ0v) is 19.3. The molecule has 1 aliphatic rings. The number of likely N-dealkylation sites (N-methyl/N-ethyl adjacent to an activating group) is 1. The van der Waals surface area contributed by atoms with Crippen LogP contribution in [0.4, 0.5) is 4.79 Å². The van der Waals surface area contributed by atoms with Gasteiger partial charge in [0.25, 0.3) is 0 Å². The quantitative estimate of drug-likeness (QED) is 0.574. The number of ether oxygens (including phenoxy) is 1. The molecule has 1 unspecified atom stereocenters. The van der Waals surface area contributed by atoms with Crippen LogP contribution in [0.1, 0.15) is 29.9 Å². The van der Waals surface area contributed by atoms with Crippen LogP contribution in [-0.4, -0.2) is 79.8 Å². The van der Waals surface area contributed by atoms with Gasteiger partial charge in [-0.3, -0.25) is 9.59 Å². The van der Waals surface area contributed by atoms with Gasteiger partial charge < -0.3 is 25.0 Å². The van der Waals surface area contributed by atoms with Crippen molar-refractivity contribution in [3.8, 4) is 11.1 Å².